The Hall–Kier alpha value is -1.69. The molecule has 1 heterocycles. The smallest absolute Gasteiger partial charge is 0.246 e. The van der Waals surface area contributed by atoms with Crippen LogP contribution in [0.15, 0.2) is 33.3 Å². The van der Waals surface area contributed by atoms with Gasteiger partial charge >= 0.3 is 0 Å². The fourth-order valence-electron chi connectivity index (χ4n) is 1.27. The van der Waals surface area contributed by atoms with E-state index in [9.17, 15) is 4.79 Å². The highest BCUT2D eigenvalue weighted by Gasteiger charge is 2.08. The first-order valence-electron chi connectivity index (χ1n) is 4.98. The highest BCUT2D eigenvalue weighted by atomic mass is 79.9. The molecule has 0 unspecified atom stereocenters. The van der Waals surface area contributed by atoms with Gasteiger partial charge in [-0.25, -0.2) is 0 Å². The summed E-state index contributed by atoms with van der Waals surface area (Å²) in [4.78, 5) is 14.9. The van der Waals surface area contributed by atoms with Gasteiger partial charge in [0, 0.05) is 17.0 Å². The third-order valence-corrected chi connectivity index (χ3v) is 2.53. The van der Waals surface area contributed by atoms with E-state index in [1.807, 2.05) is 24.3 Å². The van der Waals surface area contributed by atoms with Gasteiger partial charge in [0.15, 0.2) is 0 Å². The first-order chi connectivity index (χ1) is 8.15. The summed E-state index contributed by atoms with van der Waals surface area (Å²) in [5.74, 6) is 0.758. The summed E-state index contributed by atoms with van der Waals surface area (Å²) < 4.78 is 5.97. The number of aromatic nitrogens is 2. The monoisotopic (exact) mass is 295 g/mol. The largest absolute Gasteiger partial charge is 0.347 e. The number of nitrogens with one attached hydrogen (secondary N) is 1. The molecule has 0 bridgehead atoms. The first kappa shape index (κ1) is 11.8. The predicted octanol–water partition coefficient (Wildman–Crippen LogP) is 2.14. The number of benzene rings is 1. The van der Waals surface area contributed by atoms with Gasteiger partial charge in [-0.05, 0) is 12.1 Å². The zero-order valence-electron chi connectivity index (χ0n) is 9.11. The molecule has 5 nitrogen and oxygen atoms in total. The van der Waals surface area contributed by atoms with Crippen LogP contribution in [0.2, 0.25) is 0 Å². The van der Waals surface area contributed by atoms with Crippen molar-refractivity contribution < 1.29 is 9.32 Å². The van der Waals surface area contributed by atoms with Crippen LogP contribution in [-0.4, -0.2) is 16.0 Å². The number of hydrogen-bond donors (Lipinski definition) is 1. The number of nitrogens with zero attached hydrogens (tertiary/aromatic N) is 2. The molecule has 2 rings (SSSR count). The Kier molecular flexibility index (Phi) is 3.53. The lowest BCUT2D eigenvalue weighted by atomic mass is 10.2. The molecule has 0 aliphatic carbocycles. The highest BCUT2D eigenvalue weighted by molar-refractivity contribution is 9.10. The van der Waals surface area contributed by atoms with Crippen molar-refractivity contribution in [2.75, 3.05) is 0 Å². The van der Waals surface area contributed by atoms with E-state index in [1.165, 1.54) is 6.92 Å². The van der Waals surface area contributed by atoms with Crippen molar-refractivity contribution in [2.45, 2.75) is 13.5 Å². The van der Waals surface area contributed by atoms with Crippen LogP contribution in [0, 0.1) is 0 Å². The number of carbonyl (C=O) groups is 1. The van der Waals surface area contributed by atoms with Crippen LogP contribution in [0.5, 0.6) is 0 Å². The Bertz CT molecular complexity index is 539. The van der Waals surface area contributed by atoms with Gasteiger partial charge in [-0.15, -0.1) is 0 Å². The van der Waals surface area contributed by atoms with Crippen LogP contribution in [0.1, 0.15) is 12.8 Å². The van der Waals surface area contributed by atoms with Crippen molar-refractivity contribution in [1.29, 1.82) is 0 Å². The van der Waals surface area contributed by atoms with Crippen LogP contribution < -0.4 is 5.32 Å². The van der Waals surface area contributed by atoms with Crippen molar-refractivity contribution in [3.63, 3.8) is 0 Å². The van der Waals surface area contributed by atoms with Gasteiger partial charge in [-0.1, -0.05) is 33.2 Å². The van der Waals surface area contributed by atoms with Gasteiger partial charge in [0.2, 0.25) is 17.6 Å². The maximum atomic E-state index is 10.7. The van der Waals surface area contributed by atoms with Crippen molar-refractivity contribution in [3.05, 3.63) is 34.6 Å². The van der Waals surface area contributed by atoms with Crippen molar-refractivity contribution in [1.82, 2.24) is 15.5 Å². The maximum absolute atomic E-state index is 10.7. The second-order valence-electron chi connectivity index (χ2n) is 3.43. The van der Waals surface area contributed by atoms with E-state index in [0.29, 0.717) is 11.7 Å². The highest BCUT2D eigenvalue weighted by Crippen LogP contribution is 2.20. The van der Waals surface area contributed by atoms with E-state index < -0.39 is 0 Å². The van der Waals surface area contributed by atoms with Gasteiger partial charge < -0.3 is 9.84 Å². The fourth-order valence-corrected chi connectivity index (χ4v) is 1.67. The number of halogens is 1. The van der Waals surface area contributed by atoms with Gasteiger partial charge in [-0.2, -0.15) is 4.98 Å². The molecule has 0 saturated carbocycles. The number of hydrogen-bond acceptors (Lipinski definition) is 4. The zero-order chi connectivity index (χ0) is 12.3. The van der Waals surface area contributed by atoms with Crippen LogP contribution in [-0.2, 0) is 11.3 Å². The Balaban J connectivity index is 2.15. The molecular formula is C11H10BrN3O2. The van der Waals surface area contributed by atoms with Crippen molar-refractivity contribution in [3.8, 4) is 11.4 Å². The molecule has 1 aromatic heterocycles. The second-order valence-corrected chi connectivity index (χ2v) is 4.35. The number of carbonyl (C=O) groups excluding carboxylic acids is 1. The van der Waals surface area contributed by atoms with Gasteiger partial charge in [0.25, 0.3) is 0 Å². The average Bonchev–Trinajstić information content (AvgIpc) is 2.75. The lowest BCUT2D eigenvalue weighted by molar-refractivity contribution is -0.119. The van der Waals surface area contributed by atoms with E-state index in [0.717, 1.165) is 10.0 Å². The molecule has 1 aromatic carbocycles. The molecule has 0 aliphatic heterocycles. The predicted molar refractivity (Wildman–Crippen MR) is 65.0 cm³/mol. The van der Waals surface area contributed by atoms with Crippen molar-refractivity contribution in [2.24, 2.45) is 0 Å². The lowest BCUT2D eigenvalue weighted by Gasteiger charge is -1.95. The summed E-state index contributed by atoms with van der Waals surface area (Å²) in [6.45, 7) is 1.68. The van der Waals surface area contributed by atoms with Gasteiger partial charge in [0.05, 0.1) is 6.54 Å². The zero-order valence-corrected chi connectivity index (χ0v) is 10.7. The fraction of sp³-hybridized carbons (Fsp3) is 0.182. The average molecular weight is 296 g/mol. The first-order valence-corrected chi connectivity index (χ1v) is 5.77. The number of rotatable bonds is 3. The minimum absolute atomic E-state index is 0.132. The molecular weight excluding hydrogens is 286 g/mol. The molecule has 0 saturated heterocycles. The third-order valence-electron chi connectivity index (χ3n) is 2.04. The molecule has 2 aromatic rings. The van der Waals surface area contributed by atoms with E-state index >= 15 is 0 Å². The molecule has 6 heteroatoms. The van der Waals surface area contributed by atoms with E-state index in [1.54, 1.807) is 0 Å². The normalized spacial score (nSPS) is 10.2. The quantitative estimate of drug-likeness (QED) is 0.942. The molecule has 0 radical (unpaired) electrons. The Morgan fingerprint density at radius 1 is 1.53 bits per heavy atom. The Labute approximate surface area is 106 Å². The molecule has 88 valence electrons. The Morgan fingerprint density at radius 3 is 3.06 bits per heavy atom. The van der Waals surface area contributed by atoms with Crippen LogP contribution in [0.4, 0.5) is 0 Å². The molecule has 1 N–H and O–H groups in total. The molecule has 1 amide bonds. The molecule has 0 atom stereocenters. The van der Waals surface area contributed by atoms with E-state index in [4.69, 9.17) is 4.52 Å². The lowest BCUT2D eigenvalue weighted by Crippen LogP contribution is -2.18. The SMILES string of the molecule is CC(=O)NCc1nc(-c2cccc(Br)c2)no1. The van der Waals surface area contributed by atoms with Crippen LogP contribution >= 0.6 is 15.9 Å². The molecule has 0 fully saturated rings. The topological polar surface area (TPSA) is 68.0 Å². The minimum atomic E-state index is -0.132. The maximum Gasteiger partial charge on any atom is 0.246 e. The summed E-state index contributed by atoms with van der Waals surface area (Å²) in [5.41, 5.74) is 0.859. The van der Waals surface area contributed by atoms with E-state index in [2.05, 4.69) is 31.4 Å². The summed E-state index contributed by atoms with van der Waals surface area (Å²) in [5, 5.41) is 6.44. The summed E-state index contributed by atoms with van der Waals surface area (Å²) >= 11 is 3.37. The molecule has 0 aliphatic rings. The number of amides is 1. The van der Waals surface area contributed by atoms with E-state index in [-0.39, 0.29) is 12.5 Å². The standard InChI is InChI=1S/C11H10BrN3O2/c1-7(16)13-6-10-14-11(15-17-10)8-3-2-4-9(12)5-8/h2-5H,6H2,1H3,(H,13,16). The summed E-state index contributed by atoms with van der Waals surface area (Å²) in [7, 11) is 0. The Morgan fingerprint density at radius 2 is 2.35 bits per heavy atom. The van der Waals surface area contributed by atoms with Crippen LogP contribution in [0.25, 0.3) is 11.4 Å². The minimum Gasteiger partial charge on any atom is -0.347 e. The van der Waals surface area contributed by atoms with Gasteiger partial charge in [-0.3, -0.25) is 4.79 Å². The molecule has 17 heavy (non-hydrogen) atoms. The summed E-state index contributed by atoms with van der Waals surface area (Å²) in [6.07, 6.45) is 0. The third kappa shape index (κ3) is 3.13. The second kappa shape index (κ2) is 5.09. The van der Waals surface area contributed by atoms with Crippen LogP contribution in [0.3, 0.4) is 0 Å². The van der Waals surface area contributed by atoms with Crippen molar-refractivity contribution >= 4 is 21.8 Å². The molecule has 0 spiro atoms. The summed E-state index contributed by atoms with van der Waals surface area (Å²) in [6, 6.07) is 7.59. The van der Waals surface area contributed by atoms with Gasteiger partial charge in [0.1, 0.15) is 0 Å².